The Morgan fingerprint density at radius 3 is 2.54 bits per heavy atom. The Labute approximate surface area is 157 Å². The largest absolute Gasteiger partial charge is 0.367 e. The van der Waals surface area contributed by atoms with Crippen molar-refractivity contribution < 1.29 is 14.3 Å². The minimum atomic E-state index is -0.572. The lowest BCUT2D eigenvalue weighted by Gasteiger charge is -2.59. The van der Waals surface area contributed by atoms with Gasteiger partial charge in [-0.3, -0.25) is 9.59 Å². The zero-order valence-electron chi connectivity index (χ0n) is 16.9. The molecule has 0 aliphatic heterocycles. The van der Waals surface area contributed by atoms with E-state index in [1.54, 1.807) is 6.92 Å². The van der Waals surface area contributed by atoms with Crippen molar-refractivity contribution >= 4 is 11.6 Å². The quantitative estimate of drug-likeness (QED) is 0.722. The normalized spacial score (nSPS) is 47.6. The van der Waals surface area contributed by atoms with Crippen molar-refractivity contribution in [2.75, 3.05) is 6.61 Å². The third-order valence-electron chi connectivity index (χ3n) is 9.04. The van der Waals surface area contributed by atoms with Crippen LogP contribution in [0.15, 0.2) is 11.6 Å². The van der Waals surface area contributed by atoms with Crippen LogP contribution in [0.25, 0.3) is 0 Å². The van der Waals surface area contributed by atoms with Gasteiger partial charge in [-0.15, -0.1) is 0 Å². The third-order valence-corrected chi connectivity index (χ3v) is 9.04. The first kappa shape index (κ1) is 18.4. The van der Waals surface area contributed by atoms with Gasteiger partial charge in [-0.05, 0) is 88.0 Å². The van der Waals surface area contributed by atoms with Crippen molar-refractivity contribution in [3.63, 3.8) is 0 Å². The second-order valence-electron chi connectivity index (χ2n) is 9.78. The molecule has 0 N–H and O–H groups in total. The minimum absolute atomic E-state index is 0.0297. The fourth-order valence-corrected chi connectivity index (χ4v) is 7.72. The smallest absolute Gasteiger partial charge is 0.162 e. The summed E-state index contributed by atoms with van der Waals surface area (Å²) in [5.41, 5.74) is 1.01. The molecule has 26 heavy (non-hydrogen) atoms. The van der Waals surface area contributed by atoms with Gasteiger partial charge >= 0.3 is 0 Å². The Morgan fingerprint density at radius 2 is 1.85 bits per heavy atom. The number of rotatable bonds is 3. The maximum absolute atomic E-state index is 12.7. The molecule has 0 amide bonds. The first-order chi connectivity index (χ1) is 12.3. The number of Topliss-reactive ketones (excluding diaryl/α,β-unsaturated/α-hetero) is 1. The lowest BCUT2D eigenvalue weighted by Crippen LogP contribution is -2.58. The van der Waals surface area contributed by atoms with Crippen LogP contribution >= 0.6 is 0 Å². The van der Waals surface area contributed by atoms with E-state index in [0.29, 0.717) is 36.6 Å². The van der Waals surface area contributed by atoms with Crippen LogP contribution in [0.1, 0.15) is 79.1 Å². The molecule has 3 heteroatoms. The Hall–Kier alpha value is -0.960. The predicted molar refractivity (Wildman–Crippen MR) is 102 cm³/mol. The van der Waals surface area contributed by atoms with E-state index in [1.807, 2.05) is 13.0 Å². The summed E-state index contributed by atoms with van der Waals surface area (Å²) >= 11 is 0. The minimum Gasteiger partial charge on any atom is -0.367 e. The molecule has 0 radical (unpaired) electrons. The number of ketones is 2. The summed E-state index contributed by atoms with van der Waals surface area (Å²) in [6, 6.07) is 0. The summed E-state index contributed by atoms with van der Waals surface area (Å²) in [6.07, 6.45) is 10.2. The molecular weight excluding hydrogens is 324 g/mol. The van der Waals surface area contributed by atoms with E-state index in [9.17, 15) is 9.59 Å². The topological polar surface area (TPSA) is 43.4 Å². The molecule has 0 bridgehead atoms. The van der Waals surface area contributed by atoms with Gasteiger partial charge in [0.15, 0.2) is 11.6 Å². The second-order valence-corrected chi connectivity index (χ2v) is 9.78. The van der Waals surface area contributed by atoms with Gasteiger partial charge in [0.05, 0.1) is 0 Å². The summed E-state index contributed by atoms with van der Waals surface area (Å²) in [6.45, 7) is 9.13. The van der Waals surface area contributed by atoms with Crippen molar-refractivity contribution in [2.45, 2.75) is 84.7 Å². The highest BCUT2D eigenvalue weighted by Gasteiger charge is 2.66. The molecule has 0 aromatic heterocycles. The van der Waals surface area contributed by atoms with E-state index in [0.717, 1.165) is 32.1 Å². The molecule has 4 rings (SSSR count). The van der Waals surface area contributed by atoms with Crippen molar-refractivity contribution in [2.24, 2.45) is 28.6 Å². The molecule has 0 unspecified atom stereocenters. The van der Waals surface area contributed by atoms with Gasteiger partial charge in [0.2, 0.25) is 0 Å². The average Bonchev–Trinajstić information content (AvgIpc) is 2.90. The highest BCUT2D eigenvalue weighted by molar-refractivity contribution is 5.91. The standard InChI is InChI=1S/C23H34O3/c1-5-26-23(15(2)24)13-10-20-18-7-6-16-14-17(25)8-11-21(16,3)19(18)9-12-22(20,23)4/h14,18-20H,5-13H2,1-4H3/t18-,19+,20+,21+,22+,23+/m1/s1. The van der Waals surface area contributed by atoms with Crippen LogP contribution in [0.2, 0.25) is 0 Å². The molecular formula is C23H34O3. The number of carbonyl (C=O) groups excluding carboxylic acids is 2. The van der Waals surface area contributed by atoms with E-state index >= 15 is 0 Å². The fraction of sp³-hybridized carbons (Fsp3) is 0.826. The van der Waals surface area contributed by atoms with E-state index in [1.165, 1.54) is 18.4 Å². The average molecular weight is 359 g/mol. The summed E-state index contributed by atoms with van der Waals surface area (Å²) in [7, 11) is 0. The summed E-state index contributed by atoms with van der Waals surface area (Å²) in [4.78, 5) is 24.7. The molecule has 4 aliphatic rings. The summed E-state index contributed by atoms with van der Waals surface area (Å²) in [5, 5.41) is 0. The maximum Gasteiger partial charge on any atom is 0.162 e. The van der Waals surface area contributed by atoms with Gasteiger partial charge in [-0.2, -0.15) is 0 Å². The molecule has 3 fully saturated rings. The van der Waals surface area contributed by atoms with Crippen LogP contribution in [0.4, 0.5) is 0 Å². The van der Waals surface area contributed by atoms with Gasteiger partial charge in [0.1, 0.15) is 5.60 Å². The predicted octanol–water partition coefficient (Wildman–Crippen LogP) is 4.88. The number of ether oxygens (including phenoxy) is 1. The van der Waals surface area contributed by atoms with E-state index in [-0.39, 0.29) is 16.6 Å². The van der Waals surface area contributed by atoms with E-state index in [4.69, 9.17) is 4.74 Å². The summed E-state index contributed by atoms with van der Waals surface area (Å²) < 4.78 is 6.24. The first-order valence-corrected chi connectivity index (χ1v) is 10.7. The lowest BCUT2D eigenvalue weighted by molar-refractivity contribution is -0.174. The molecule has 4 aliphatic carbocycles. The van der Waals surface area contributed by atoms with Crippen molar-refractivity contribution in [3.8, 4) is 0 Å². The van der Waals surface area contributed by atoms with Gasteiger partial charge in [0, 0.05) is 18.4 Å². The van der Waals surface area contributed by atoms with Gasteiger partial charge in [-0.25, -0.2) is 0 Å². The van der Waals surface area contributed by atoms with Gasteiger partial charge in [0.25, 0.3) is 0 Å². The molecule has 3 nitrogen and oxygen atoms in total. The second kappa shape index (κ2) is 6.02. The highest BCUT2D eigenvalue weighted by atomic mass is 16.5. The Kier molecular flexibility index (Phi) is 4.26. The monoisotopic (exact) mass is 358 g/mol. The molecule has 6 atom stereocenters. The molecule has 0 spiro atoms. The number of hydrogen-bond acceptors (Lipinski definition) is 3. The molecule has 0 saturated heterocycles. The van der Waals surface area contributed by atoms with Crippen molar-refractivity contribution in [1.29, 1.82) is 0 Å². The third kappa shape index (κ3) is 2.22. The highest BCUT2D eigenvalue weighted by Crippen LogP contribution is 2.68. The van der Waals surface area contributed by atoms with Crippen LogP contribution in [-0.2, 0) is 14.3 Å². The van der Waals surface area contributed by atoms with Crippen LogP contribution in [-0.4, -0.2) is 23.8 Å². The van der Waals surface area contributed by atoms with Crippen LogP contribution < -0.4 is 0 Å². The van der Waals surface area contributed by atoms with Gasteiger partial charge < -0.3 is 4.74 Å². The van der Waals surface area contributed by atoms with E-state index < -0.39 is 5.60 Å². The lowest BCUT2D eigenvalue weighted by atomic mass is 9.46. The SMILES string of the molecule is CCO[C@]1(C(C)=O)CC[C@H]2[C@@H]3CCC4=CC(=O)CC[C@]4(C)[C@H]3CC[C@@]21C. The van der Waals surface area contributed by atoms with Crippen molar-refractivity contribution in [1.82, 2.24) is 0 Å². The Balaban J connectivity index is 1.69. The zero-order valence-corrected chi connectivity index (χ0v) is 16.9. The molecule has 0 aromatic carbocycles. The number of allylic oxidation sites excluding steroid dienone is 1. The molecule has 144 valence electrons. The molecule has 0 aromatic rings. The Morgan fingerprint density at radius 1 is 1.12 bits per heavy atom. The Bertz CT molecular complexity index is 664. The first-order valence-electron chi connectivity index (χ1n) is 10.7. The number of fused-ring (bicyclic) bond motifs is 5. The molecule has 0 heterocycles. The van der Waals surface area contributed by atoms with Crippen molar-refractivity contribution in [3.05, 3.63) is 11.6 Å². The van der Waals surface area contributed by atoms with E-state index in [2.05, 4.69) is 13.8 Å². The van der Waals surface area contributed by atoms with Crippen LogP contribution in [0, 0.1) is 28.6 Å². The maximum atomic E-state index is 12.7. The zero-order chi connectivity index (χ0) is 18.7. The van der Waals surface area contributed by atoms with Crippen LogP contribution in [0.5, 0.6) is 0 Å². The fourth-order valence-electron chi connectivity index (χ4n) is 7.72. The number of carbonyl (C=O) groups is 2. The summed E-state index contributed by atoms with van der Waals surface area (Å²) in [5.74, 6) is 2.47. The van der Waals surface area contributed by atoms with Gasteiger partial charge in [-0.1, -0.05) is 19.4 Å². The van der Waals surface area contributed by atoms with Crippen LogP contribution in [0.3, 0.4) is 0 Å². The molecule has 3 saturated carbocycles. The number of hydrogen-bond donors (Lipinski definition) is 0.